The van der Waals surface area contributed by atoms with Gasteiger partial charge in [0.1, 0.15) is 0 Å². The molecule has 1 heterocycles. The van der Waals surface area contributed by atoms with E-state index in [1.165, 1.54) is 5.56 Å². The largest absolute Gasteiger partial charge is 0.385 e. The summed E-state index contributed by atoms with van der Waals surface area (Å²) in [6.07, 6.45) is 1.53. The zero-order chi connectivity index (χ0) is 21.4. The quantitative estimate of drug-likeness (QED) is 0.417. The molecule has 0 saturated heterocycles. The van der Waals surface area contributed by atoms with Crippen LogP contribution in [0.25, 0.3) is 16.9 Å². The van der Waals surface area contributed by atoms with Gasteiger partial charge in [-0.25, -0.2) is 4.68 Å². The third-order valence-electron chi connectivity index (χ3n) is 5.29. The van der Waals surface area contributed by atoms with Gasteiger partial charge in [0.2, 0.25) is 0 Å². The van der Waals surface area contributed by atoms with Crippen LogP contribution >= 0.6 is 0 Å². The fraction of sp³-hybridized carbons (Fsp3) is 0.273. The average molecular weight is 425 g/mol. The molecule has 1 aromatic heterocycles. The van der Waals surface area contributed by atoms with Crippen molar-refractivity contribution in [2.45, 2.75) is 31.6 Å². The zero-order valence-electron chi connectivity index (χ0n) is 17.1. The Morgan fingerprint density at radius 1 is 1.20 bits per heavy atom. The van der Waals surface area contributed by atoms with E-state index in [0.717, 1.165) is 41.2 Å². The summed E-state index contributed by atoms with van der Waals surface area (Å²) >= 11 is 0. The molecule has 30 heavy (non-hydrogen) atoms. The molecule has 3 aromatic rings. The number of amides is 1. The van der Waals surface area contributed by atoms with Crippen molar-refractivity contribution in [2.24, 2.45) is 16.8 Å². The van der Waals surface area contributed by atoms with Gasteiger partial charge in [-0.3, -0.25) is 4.79 Å². The number of fused-ring (bicyclic) bond motifs is 3. The van der Waals surface area contributed by atoms with Gasteiger partial charge in [0, 0.05) is 23.4 Å². The Kier molecular flexibility index (Phi) is 5.44. The number of thiol groups is 1. The molecule has 4 rings (SSSR count). The van der Waals surface area contributed by atoms with Crippen molar-refractivity contribution in [3.05, 3.63) is 59.3 Å². The fourth-order valence-electron chi connectivity index (χ4n) is 3.80. The molecule has 156 valence electrons. The molecular formula is C22H26N5O2S+. The van der Waals surface area contributed by atoms with Crippen LogP contribution in [0, 0.1) is 5.92 Å². The molecule has 1 aliphatic carbocycles. The topological polar surface area (TPSA) is 116 Å². The van der Waals surface area contributed by atoms with Crippen LogP contribution in [0.1, 0.15) is 35.5 Å². The van der Waals surface area contributed by atoms with Gasteiger partial charge >= 0.3 is 0 Å². The smallest absolute Gasteiger partial charge is 0.269 e. The number of aromatic nitrogens is 2. The van der Waals surface area contributed by atoms with Crippen LogP contribution in [0.2, 0.25) is 0 Å². The minimum atomic E-state index is -1.91. The van der Waals surface area contributed by atoms with Crippen molar-refractivity contribution in [2.75, 3.05) is 11.9 Å². The lowest BCUT2D eigenvalue weighted by Gasteiger charge is -2.20. The third-order valence-corrected chi connectivity index (χ3v) is 6.10. The lowest BCUT2D eigenvalue weighted by Crippen LogP contribution is -2.15. The molecule has 0 radical (unpaired) electrons. The molecule has 0 spiro atoms. The van der Waals surface area contributed by atoms with Crippen LogP contribution in [0.4, 0.5) is 5.69 Å². The maximum Gasteiger partial charge on any atom is 0.269 e. The Morgan fingerprint density at radius 3 is 2.57 bits per heavy atom. The molecule has 0 fully saturated rings. The number of nitrogens with one attached hydrogen (secondary N) is 1. The second-order valence-corrected chi connectivity index (χ2v) is 9.11. The van der Waals surface area contributed by atoms with Crippen LogP contribution in [0.5, 0.6) is 0 Å². The summed E-state index contributed by atoms with van der Waals surface area (Å²) in [6, 6.07) is 13.4. The highest BCUT2D eigenvalue weighted by Gasteiger charge is 2.28. The Bertz CT molecular complexity index is 1140. The predicted molar refractivity (Wildman–Crippen MR) is 120 cm³/mol. The maximum absolute atomic E-state index is 12.1. The van der Waals surface area contributed by atoms with E-state index in [9.17, 15) is 9.00 Å². The van der Waals surface area contributed by atoms with Crippen molar-refractivity contribution >= 4 is 22.6 Å². The number of anilines is 1. The number of carbonyl (C=O) groups is 1. The minimum Gasteiger partial charge on any atom is -0.385 e. The van der Waals surface area contributed by atoms with Gasteiger partial charge in [-0.1, -0.05) is 24.1 Å². The summed E-state index contributed by atoms with van der Waals surface area (Å²) in [5.74, 6) is -0.0136. The van der Waals surface area contributed by atoms with Crippen molar-refractivity contribution in [1.29, 1.82) is 0 Å². The number of aryl methyl sites for hydroxylation is 1. The Hall–Kier alpha value is -2.97. The van der Waals surface area contributed by atoms with Gasteiger partial charge < -0.3 is 11.1 Å². The molecule has 5 N–H and O–H groups in total. The SMILES string of the molecule is CC(C)CNc1ccc2c(c1)-c1c(c(C(N)=O)nn1-c1ccc([SH+](N)=O)cc1)CC2. The molecule has 0 saturated carbocycles. The van der Waals surface area contributed by atoms with Crippen molar-refractivity contribution in [3.8, 4) is 16.9 Å². The summed E-state index contributed by atoms with van der Waals surface area (Å²) in [7, 11) is -1.91. The van der Waals surface area contributed by atoms with Crippen LogP contribution in [0.15, 0.2) is 47.4 Å². The highest BCUT2D eigenvalue weighted by Crippen LogP contribution is 2.38. The number of nitrogens with zero attached hydrogens (tertiary/aromatic N) is 2. The van der Waals surface area contributed by atoms with E-state index in [-0.39, 0.29) is 0 Å². The van der Waals surface area contributed by atoms with E-state index in [2.05, 4.69) is 42.5 Å². The lowest BCUT2D eigenvalue weighted by atomic mass is 9.88. The monoisotopic (exact) mass is 424 g/mol. The Morgan fingerprint density at radius 2 is 1.93 bits per heavy atom. The van der Waals surface area contributed by atoms with Crippen molar-refractivity contribution in [1.82, 2.24) is 9.78 Å². The highest BCUT2D eigenvalue weighted by atomic mass is 32.2. The Balaban J connectivity index is 1.86. The first-order chi connectivity index (χ1) is 14.3. The second-order valence-electron chi connectivity index (χ2n) is 7.94. The first-order valence-corrected chi connectivity index (χ1v) is 11.3. The predicted octanol–water partition coefficient (Wildman–Crippen LogP) is 2.73. The number of nitrogens with two attached hydrogens (primary N) is 2. The molecular weight excluding hydrogens is 398 g/mol. The van der Waals surface area contributed by atoms with E-state index in [1.54, 1.807) is 16.8 Å². The van der Waals surface area contributed by atoms with Crippen LogP contribution in [-0.2, 0) is 28.0 Å². The van der Waals surface area contributed by atoms with Crippen molar-refractivity contribution < 1.29 is 9.00 Å². The molecule has 1 aliphatic rings. The lowest BCUT2D eigenvalue weighted by molar-refractivity contribution is 0.0994. The first kappa shape index (κ1) is 20.3. The van der Waals surface area contributed by atoms with Crippen LogP contribution in [-0.4, -0.2) is 22.2 Å². The molecule has 1 atom stereocenters. The zero-order valence-corrected chi connectivity index (χ0v) is 17.9. The van der Waals surface area contributed by atoms with Gasteiger partial charge in [-0.05, 0) is 60.7 Å². The fourth-order valence-corrected chi connectivity index (χ4v) is 4.24. The molecule has 0 aliphatic heterocycles. The number of hydrogen-bond donors (Lipinski definition) is 3. The van der Waals surface area contributed by atoms with Crippen LogP contribution in [0.3, 0.4) is 0 Å². The molecule has 0 bridgehead atoms. The van der Waals surface area contributed by atoms with E-state index in [0.29, 0.717) is 22.9 Å². The van der Waals surface area contributed by atoms with E-state index >= 15 is 0 Å². The standard InChI is InChI=1S/C22H25N5O2S/c1-13(2)12-25-15-5-3-14-4-10-18-20(22(23)28)26-27(21(18)19(14)11-15)16-6-8-17(9-7-16)30(24)29/h3,5-9,11,13,25H,4,10,12H2,1-2H3,(H2,23,28)(H2,24,29)/p+1. The maximum atomic E-state index is 12.1. The second kappa shape index (κ2) is 8.04. The summed E-state index contributed by atoms with van der Waals surface area (Å²) in [5, 5.41) is 13.5. The normalized spacial score (nSPS) is 13.6. The summed E-state index contributed by atoms with van der Waals surface area (Å²) < 4.78 is 13.3. The molecule has 1 unspecified atom stereocenters. The summed E-state index contributed by atoms with van der Waals surface area (Å²) in [4.78, 5) is 12.7. The summed E-state index contributed by atoms with van der Waals surface area (Å²) in [6.45, 7) is 5.20. The minimum absolute atomic E-state index is 0.296. The molecule has 8 heteroatoms. The van der Waals surface area contributed by atoms with Gasteiger partial charge in [0.05, 0.1) is 11.4 Å². The van der Waals surface area contributed by atoms with Crippen molar-refractivity contribution in [3.63, 3.8) is 0 Å². The average Bonchev–Trinajstić information content (AvgIpc) is 3.12. The molecule has 1 amide bonds. The third kappa shape index (κ3) is 3.76. The van der Waals surface area contributed by atoms with Gasteiger partial charge in [-0.15, -0.1) is 5.14 Å². The number of hydrogen-bond acceptors (Lipinski definition) is 4. The molecule has 2 aromatic carbocycles. The van der Waals surface area contributed by atoms with Gasteiger partial charge in [0.15, 0.2) is 21.6 Å². The van der Waals surface area contributed by atoms with E-state index in [4.69, 9.17) is 10.9 Å². The number of benzene rings is 2. The molecule has 7 nitrogen and oxygen atoms in total. The van der Waals surface area contributed by atoms with Gasteiger partial charge in [0.25, 0.3) is 5.91 Å². The van der Waals surface area contributed by atoms with E-state index < -0.39 is 16.9 Å². The van der Waals surface area contributed by atoms with Crippen LogP contribution < -0.4 is 16.2 Å². The number of carbonyl (C=O) groups excluding carboxylic acids is 1. The first-order valence-electron chi connectivity index (χ1n) is 9.96. The summed E-state index contributed by atoms with van der Waals surface area (Å²) in [5.41, 5.74) is 11.7. The highest BCUT2D eigenvalue weighted by molar-refractivity contribution is 7.82. The Labute approximate surface area is 178 Å². The number of primary amides is 1. The van der Waals surface area contributed by atoms with Gasteiger partial charge in [-0.2, -0.15) is 5.10 Å². The number of rotatable bonds is 6. The van der Waals surface area contributed by atoms with E-state index in [1.807, 2.05) is 12.1 Å².